The lowest BCUT2D eigenvalue weighted by Crippen LogP contribution is -2.14. The van der Waals surface area contributed by atoms with E-state index in [1.165, 1.54) is 17.5 Å². The molecule has 7 heteroatoms. The summed E-state index contributed by atoms with van der Waals surface area (Å²) in [5, 5.41) is 7.22. The summed E-state index contributed by atoms with van der Waals surface area (Å²) in [6, 6.07) is 12.1. The Morgan fingerprint density at radius 1 is 1.03 bits per heavy atom. The molecule has 1 aromatic carbocycles. The molecule has 0 bridgehead atoms. The van der Waals surface area contributed by atoms with E-state index in [1.807, 2.05) is 56.6 Å². The first-order valence-corrected chi connectivity index (χ1v) is 10.0. The Kier molecular flexibility index (Phi) is 5.79. The van der Waals surface area contributed by atoms with Crippen LogP contribution in [0.15, 0.2) is 55.1 Å². The van der Waals surface area contributed by atoms with Crippen LogP contribution in [0.1, 0.15) is 34.5 Å². The van der Waals surface area contributed by atoms with Crippen LogP contribution in [0, 0.1) is 13.8 Å². The first-order chi connectivity index (χ1) is 14.6. The monoisotopic (exact) mass is 400 g/mol. The van der Waals surface area contributed by atoms with Crippen molar-refractivity contribution in [2.75, 3.05) is 5.32 Å². The predicted molar refractivity (Wildman–Crippen MR) is 115 cm³/mol. The van der Waals surface area contributed by atoms with Gasteiger partial charge >= 0.3 is 0 Å². The van der Waals surface area contributed by atoms with Gasteiger partial charge in [0.1, 0.15) is 6.33 Å². The van der Waals surface area contributed by atoms with Crippen LogP contribution in [-0.2, 0) is 24.1 Å². The molecule has 0 saturated carbocycles. The minimum absolute atomic E-state index is 0.0150. The third-order valence-corrected chi connectivity index (χ3v) is 5.25. The van der Waals surface area contributed by atoms with Crippen molar-refractivity contribution in [3.05, 3.63) is 83.2 Å². The maximum absolute atomic E-state index is 12.5. The molecule has 1 amide bonds. The number of carbonyl (C=O) groups excluding carboxylic acids is 1. The van der Waals surface area contributed by atoms with Gasteiger partial charge in [0.05, 0.1) is 0 Å². The van der Waals surface area contributed by atoms with E-state index in [0.29, 0.717) is 18.6 Å². The number of nitrogens with one attached hydrogen (secondary N) is 1. The molecule has 152 valence electrons. The van der Waals surface area contributed by atoms with Gasteiger partial charge in [-0.2, -0.15) is 10.1 Å². The lowest BCUT2D eigenvalue weighted by atomic mass is 10.0. The van der Waals surface area contributed by atoms with Gasteiger partial charge < -0.3 is 5.32 Å². The van der Waals surface area contributed by atoms with Crippen LogP contribution in [-0.4, -0.2) is 30.5 Å². The topological polar surface area (TPSA) is 85.1 Å². The number of carbonyl (C=O) groups is 1. The molecule has 3 aromatic heterocycles. The average molecular weight is 400 g/mol. The fourth-order valence-corrected chi connectivity index (χ4v) is 3.62. The van der Waals surface area contributed by atoms with Crippen LogP contribution in [0.4, 0.5) is 5.69 Å². The molecule has 0 aliphatic carbocycles. The van der Waals surface area contributed by atoms with Crippen LogP contribution in [0.2, 0.25) is 0 Å². The van der Waals surface area contributed by atoms with Gasteiger partial charge in [-0.15, -0.1) is 0 Å². The van der Waals surface area contributed by atoms with E-state index >= 15 is 0 Å². The van der Waals surface area contributed by atoms with E-state index in [0.717, 1.165) is 35.5 Å². The highest BCUT2D eigenvalue weighted by Gasteiger charge is 2.13. The summed E-state index contributed by atoms with van der Waals surface area (Å²) in [6.07, 6.45) is 7.95. The first-order valence-electron chi connectivity index (χ1n) is 10.0. The van der Waals surface area contributed by atoms with Crippen molar-refractivity contribution in [2.45, 2.75) is 39.5 Å². The number of amides is 1. The minimum Gasteiger partial charge on any atom is -0.326 e. The quantitative estimate of drug-likeness (QED) is 0.513. The summed E-state index contributed by atoms with van der Waals surface area (Å²) in [4.78, 5) is 25.2. The van der Waals surface area contributed by atoms with E-state index in [-0.39, 0.29) is 5.91 Å². The van der Waals surface area contributed by atoms with Crippen molar-refractivity contribution in [3.63, 3.8) is 0 Å². The Labute approximate surface area is 175 Å². The van der Waals surface area contributed by atoms with Gasteiger partial charge in [0, 0.05) is 35.9 Å². The molecular weight excluding hydrogens is 376 g/mol. The molecule has 0 radical (unpaired) electrons. The van der Waals surface area contributed by atoms with Gasteiger partial charge in [0.2, 0.25) is 5.91 Å². The number of fused-ring (bicyclic) bond motifs is 1. The zero-order valence-electron chi connectivity index (χ0n) is 17.2. The van der Waals surface area contributed by atoms with Crippen molar-refractivity contribution < 1.29 is 4.79 Å². The fraction of sp³-hybridized carbons (Fsp3) is 0.261. The fourth-order valence-electron chi connectivity index (χ4n) is 3.62. The van der Waals surface area contributed by atoms with Gasteiger partial charge in [-0.25, -0.2) is 9.50 Å². The molecule has 1 N–H and O–H groups in total. The Bertz CT molecular complexity index is 1170. The third kappa shape index (κ3) is 4.51. The van der Waals surface area contributed by atoms with Crippen LogP contribution in [0.5, 0.6) is 0 Å². The predicted octanol–water partition coefficient (Wildman–Crippen LogP) is 3.49. The highest BCUT2D eigenvalue weighted by molar-refractivity contribution is 5.90. The van der Waals surface area contributed by atoms with Crippen LogP contribution >= 0.6 is 0 Å². The molecule has 0 unspecified atom stereocenters. The second-order valence-corrected chi connectivity index (χ2v) is 7.34. The minimum atomic E-state index is -0.0150. The van der Waals surface area contributed by atoms with Crippen LogP contribution < -0.4 is 5.32 Å². The first kappa shape index (κ1) is 19.7. The van der Waals surface area contributed by atoms with Gasteiger partial charge in [0.25, 0.3) is 5.78 Å². The Hall–Kier alpha value is -3.61. The number of nitrogens with zero attached hydrogens (tertiary/aromatic N) is 5. The summed E-state index contributed by atoms with van der Waals surface area (Å²) in [5.74, 6) is 0.570. The van der Waals surface area contributed by atoms with Crippen molar-refractivity contribution >= 4 is 17.4 Å². The van der Waals surface area contributed by atoms with Gasteiger partial charge in [-0.3, -0.25) is 9.78 Å². The molecule has 3 heterocycles. The second kappa shape index (κ2) is 8.82. The molecule has 0 spiro atoms. The molecule has 4 rings (SSSR count). The van der Waals surface area contributed by atoms with E-state index in [1.54, 1.807) is 4.52 Å². The number of aryl methyl sites for hydroxylation is 4. The largest absolute Gasteiger partial charge is 0.326 e. The maximum atomic E-state index is 12.5. The zero-order valence-corrected chi connectivity index (χ0v) is 17.2. The van der Waals surface area contributed by atoms with E-state index in [2.05, 4.69) is 31.4 Å². The summed E-state index contributed by atoms with van der Waals surface area (Å²) in [5.41, 5.74) is 6.17. The number of aromatic nitrogens is 5. The SMILES string of the molecule is Cc1nc2ncnn2c(C)c1CCC(=O)Nc1cccc(CCc2ccncc2)c1. The second-order valence-electron chi connectivity index (χ2n) is 7.34. The highest BCUT2D eigenvalue weighted by atomic mass is 16.1. The number of pyridine rings is 1. The lowest BCUT2D eigenvalue weighted by molar-refractivity contribution is -0.116. The Morgan fingerprint density at radius 2 is 1.83 bits per heavy atom. The Balaban J connectivity index is 1.36. The number of hydrogen-bond acceptors (Lipinski definition) is 5. The average Bonchev–Trinajstić information content (AvgIpc) is 3.22. The molecule has 0 fully saturated rings. The summed E-state index contributed by atoms with van der Waals surface area (Å²) in [7, 11) is 0. The number of anilines is 1. The third-order valence-electron chi connectivity index (χ3n) is 5.25. The molecule has 0 aliphatic heterocycles. The molecule has 0 atom stereocenters. The number of benzene rings is 1. The molecule has 30 heavy (non-hydrogen) atoms. The zero-order chi connectivity index (χ0) is 20.9. The van der Waals surface area contributed by atoms with Crippen LogP contribution in [0.3, 0.4) is 0 Å². The van der Waals surface area contributed by atoms with E-state index in [9.17, 15) is 4.79 Å². The van der Waals surface area contributed by atoms with E-state index < -0.39 is 0 Å². The highest BCUT2D eigenvalue weighted by Crippen LogP contribution is 2.17. The van der Waals surface area contributed by atoms with Crippen molar-refractivity contribution in [3.8, 4) is 0 Å². The Morgan fingerprint density at radius 3 is 2.67 bits per heavy atom. The van der Waals surface area contributed by atoms with Gasteiger partial charge in [-0.1, -0.05) is 12.1 Å². The maximum Gasteiger partial charge on any atom is 0.252 e. The van der Waals surface area contributed by atoms with Crippen molar-refractivity contribution in [2.24, 2.45) is 0 Å². The summed E-state index contributed by atoms with van der Waals surface area (Å²) >= 11 is 0. The van der Waals surface area contributed by atoms with Crippen molar-refractivity contribution in [1.82, 2.24) is 24.6 Å². The number of rotatable bonds is 7. The standard InChI is InChI=1S/C23H24N6O/c1-16-21(17(2)29-23(27-16)25-15-26-29)8-9-22(30)28-20-5-3-4-19(14-20)7-6-18-10-12-24-13-11-18/h3-5,10-15H,6-9H2,1-2H3,(H,28,30). The molecule has 0 aliphatic rings. The van der Waals surface area contributed by atoms with Gasteiger partial charge in [0.15, 0.2) is 0 Å². The molecular formula is C23H24N6O. The normalized spacial score (nSPS) is 11.0. The smallest absolute Gasteiger partial charge is 0.252 e. The molecule has 7 nitrogen and oxygen atoms in total. The lowest BCUT2D eigenvalue weighted by Gasteiger charge is -2.11. The molecule has 4 aromatic rings. The summed E-state index contributed by atoms with van der Waals surface area (Å²) in [6.45, 7) is 3.93. The molecule has 0 saturated heterocycles. The van der Waals surface area contributed by atoms with E-state index in [4.69, 9.17) is 0 Å². The van der Waals surface area contributed by atoms with Crippen LogP contribution in [0.25, 0.3) is 5.78 Å². The van der Waals surface area contributed by atoms with Gasteiger partial charge in [-0.05, 0) is 74.1 Å². The van der Waals surface area contributed by atoms with Crippen molar-refractivity contribution in [1.29, 1.82) is 0 Å². The summed E-state index contributed by atoms with van der Waals surface area (Å²) < 4.78 is 1.71. The number of hydrogen-bond donors (Lipinski definition) is 1.